The molecule has 0 fully saturated rings. The van der Waals surface area contributed by atoms with Crippen LogP contribution in [0.15, 0.2) is 22.1 Å². The van der Waals surface area contributed by atoms with Crippen LogP contribution in [0, 0.1) is 0 Å². The van der Waals surface area contributed by atoms with Gasteiger partial charge in [0.25, 0.3) is 5.56 Å². The lowest BCUT2D eigenvalue weighted by molar-refractivity contribution is -0.127. The Kier molecular flexibility index (Phi) is 5.33. The van der Waals surface area contributed by atoms with Crippen molar-refractivity contribution >= 4 is 62.2 Å². The number of rotatable bonds is 5. The monoisotopic (exact) mass is 439 g/mol. The van der Waals surface area contributed by atoms with Crippen molar-refractivity contribution in [3.05, 3.63) is 42.1 Å². The van der Waals surface area contributed by atoms with Gasteiger partial charge in [-0.05, 0) is 37.0 Å². The minimum Gasteiger partial charge on any atom is -0.340 e. The largest absolute Gasteiger partial charge is 0.340 e. The van der Waals surface area contributed by atoms with Crippen molar-refractivity contribution < 1.29 is 4.79 Å². The van der Waals surface area contributed by atoms with Crippen LogP contribution in [0.2, 0.25) is 4.34 Å². The molecule has 0 saturated heterocycles. The first kappa shape index (κ1) is 19.0. The summed E-state index contributed by atoms with van der Waals surface area (Å²) in [6.07, 6.45) is 3.12. The van der Waals surface area contributed by atoms with Gasteiger partial charge in [0, 0.05) is 23.8 Å². The smallest absolute Gasteiger partial charge is 0.262 e. The molecule has 3 aromatic heterocycles. The highest BCUT2D eigenvalue weighted by Crippen LogP contribution is 2.35. The number of aryl methyl sites for hydroxylation is 2. The van der Waals surface area contributed by atoms with Gasteiger partial charge in [-0.2, -0.15) is 0 Å². The third kappa shape index (κ3) is 3.68. The normalized spacial score (nSPS) is 13.3. The quantitative estimate of drug-likeness (QED) is 0.446. The Balaban J connectivity index is 1.49. The van der Waals surface area contributed by atoms with Crippen molar-refractivity contribution in [3.8, 4) is 0 Å². The lowest BCUT2D eigenvalue weighted by Gasteiger charge is -2.16. The molecule has 0 atom stereocenters. The van der Waals surface area contributed by atoms with Gasteiger partial charge in [-0.15, -0.1) is 22.7 Å². The van der Waals surface area contributed by atoms with Gasteiger partial charge in [0.15, 0.2) is 5.16 Å². The molecule has 0 N–H and O–H groups in total. The van der Waals surface area contributed by atoms with E-state index in [1.165, 1.54) is 33.5 Å². The first-order valence-corrected chi connectivity index (χ1v) is 11.6. The highest BCUT2D eigenvalue weighted by Gasteiger charge is 2.23. The molecule has 3 aromatic rings. The Labute approximate surface area is 174 Å². The number of thiophene rings is 2. The summed E-state index contributed by atoms with van der Waals surface area (Å²) >= 11 is 10.4. The van der Waals surface area contributed by atoms with E-state index in [-0.39, 0.29) is 17.2 Å². The van der Waals surface area contributed by atoms with Gasteiger partial charge in [-0.1, -0.05) is 23.4 Å². The topological polar surface area (TPSA) is 55.2 Å². The molecular weight excluding hydrogens is 422 g/mol. The van der Waals surface area contributed by atoms with Gasteiger partial charge < -0.3 is 4.90 Å². The van der Waals surface area contributed by atoms with Crippen LogP contribution in [0.25, 0.3) is 10.2 Å². The van der Waals surface area contributed by atoms with Crippen LogP contribution in [-0.4, -0.2) is 33.2 Å². The fourth-order valence-electron chi connectivity index (χ4n) is 3.23. The first-order valence-electron chi connectivity index (χ1n) is 8.56. The fourth-order valence-corrected chi connectivity index (χ4v) is 6.59. The van der Waals surface area contributed by atoms with Gasteiger partial charge in [0.05, 0.1) is 22.0 Å². The summed E-state index contributed by atoms with van der Waals surface area (Å²) in [6, 6.07) is 3.76. The second-order valence-electron chi connectivity index (χ2n) is 6.54. The van der Waals surface area contributed by atoms with Crippen molar-refractivity contribution in [2.45, 2.75) is 31.0 Å². The van der Waals surface area contributed by atoms with Crippen molar-refractivity contribution in [2.24, 2.45) is 7.05 Å². The second kappa shape index (κ2) is 7.58. The molecule has 5 nitrogen and oxygen atoms in total. The van der Waals surface area contributed by atoms with E-state index in [4.69, 9.17) is 11.6 Å². The zero-order valence-corrected chi connectivity index (χ0v) is 18.2. The van der Waals surface area contributed by atoms with Gasteiger partial charge in [-0.3, -0.25) is 14.2 Å². The van der Waals surface area contributed by atoms with Gasteiger partial charge in [0.1, 0.15) is 4.83 Å². The molecule has 3 heterocycles. The molecular formula is C18H18ClN3O2S3. The van der Waals surface area contributed by atoms with E-state index in [2.05, 4.69) is 4.98 Å². The summed E-state index contributed by atoms with van der Waals surface area (Å²) in [6.45, 7) is 0.528. The van der Waals surface area contributed by atoms with Gasteiger partial charge >= 0.3 is 0 Å². The summed E-state index contributed by atoms with van der Waals surface area (Å²) in [7, 11) is 3.51. The van der Waals surface area contributed by atoms with Crippen molar-refractivity contribution in [2.75, 3.05) is 12.8 Å². The third-order valence-corrected chi connectivity index (χ3v) is 8.09. The Hall–Kier alpha value is -1.35. The van der Waals surface area contributed by atoms with E-state index in [1.54, 1.807) is 34.9 Å². The number of thioether (sulfide) groups is 1. The zero-order valence-electron chi connectivity index (χ0n) is 15.0. The summed E-state index contributed by atoms with van der Waals surface area (Å²) in [4.78, 5) is 34.8. The molecule has 1 amide bonds. The minimum absolute atomic E-state index is 0.00377. The Morgan fingerprint density at radius 2 is 2.19 bits per heavy atom. The third-order valence-electron chi connectivity index (χ3n) is 4.68. The number of carbonyl (C=O) groups excluding carboxylic acids is 1. The molecule has 142 valence electrons. The minimum atomic E-state index is -0.00691. The molecule has 0 aromatic carbocycles. The maximum atomic E-state index is 12.8. The van der Waals surface area contributed by atoms with Crippen molar-refractivity contribution in [3.63, 3.8) is 0 Å². The molecule has 1 aliphatic rings. The molecule has 27 heavy (non-hydrogen) atoms. The lowest BCUT2D eigenvalue weighted by atomic mass is 10.2. The molecule has 1 aliphatic carbocycles. The summed E-state index contributed by atoms with van der Waals surface area (Å²) in [5.74, 6) is 0.236. The zero-order chi connectivity index (χ0) is 19.1. The van der Waals surface area contributed by atoms with E-state index in [9.17, 15) is 9.59 Å². The van der Waals surface area contributed by atoms with E-state index in [1.807, 2.05) is 12.1 Å². The SMILES string of the molecule is CN(Cc1ccc(Cl)s1)C(=O)CSc1nc2sc3c(c2c(=O)n1C)CCC3. The molecule has 4 rings (SSSR count). The molecule has 0 bridgehead atoms. The number of carbonyl (C=O) groups is 1. The number of aromatic nitrogens is 2. The molecule has 0 unspecified atom stereocenters. The lowest BCUT2D eigenvalue weighted by Crippen LogP contribution is -2.28. The van der Waals surface area contributed by atoms with Crippen LogP contribution in [0.1, 0.15) is 21.7 Å². The van der Waals surface area contributed by atoms with Crippen LogP contribution >= 0.6 is 46.0 Å². The number of amides is 1. The average Bonchev–Trinajstić information content (AvgIpc) is 3.32. The van der Waals surface area contributed by atoms with Gasteiger partial charge in [-0.25, -0.2) is 4.98 Å². The van der Waals surface area contributed by atoms with E-state index >= 15 is 0 Å². The van der Waals surface area contributed by atoms with Crippen LogP contribution < -0.4 is 5.56 Å². The summed E-state index contributed by atoms with van der Waals surface area (Å²) in [5, 5.41) is 1.37. The second-order valence-corrected chi connectivity index (χ2v) is 10.4. The van der Waals surface area contributed by atoms with E-state index < -0.39 is 0 Å². The maximum Gasteiger partial charge on any atom is 0.262 e. The molecule has 0 spiro atoms. The van der Waals surface area contributed by atoms with E-state index in [0.717, 1.165) is 38.7 Å². The molecule has 0 radical (unpaired) electrons. The fraction of sp³-hybridized carbons (Fsp3) is 0.389. The maximum absolute atomic E-state index is 12.8. The summed E-state index contributed by atoms with van der Waals surface area (Å²) < 4.78 is 2.29. The number of hydrogen-bond acceptors (Lipinski definition) is 6. The molecule has 0 aliphatic heterocycles. The summed E-state index contributed by atoms with van der Waals surface area (Å²) in [5.41, 5.74) is 1.18. The highest BCUT2D eigenvalue weighted by atomic mass is 35.5. The van der Waals surface area contributed by atoms with Gasteiger partial charge in [0.2, 0.25) is 5.91 Å². The predicted octanol–water partition coefficient (Wildman–Crippen LogP) is 3.95. The van der Waals surface area contributed by atoms with E-state index in [0.29, 0.717) is 11.7 Å². The number of nitrogens with zero attached hydrogens (tertiary/aromatic N) is 3. The number of fused-ring (bicyclic) bond motifs is 3. The highest BCUT2D eigenvalue weighted by molar-refractivity contribution is 7.99. The molecule has 9 heteroatoms. The van der Waals surface area contributed by atoms with Crippen LogP contribution in [-0.2, 0) is 31.2 Å². The Morgan fingerprint density at radius 3 is 2.93 bits per heavy atom. The van der Waals surface area contributed by atoms with Crippen molar-refractivity contribution in [1.29, 1.82) is 0 Å². The van der Waals surface area contributed by atoms with Crippen LogP contribution in [0.4, 0.5) is 0 Å². The molecule has 0 saturated carbocycles. The first-order chi connectivity index (χ1) is 12.9. The van der Waals surface area contributed by atoms with Crippen LogP contribution in [0.3, 0.4) is 0 Å². The average molecular weight is 440 g/mol. The number of hydrogen-bond donors (Lipinski definition) is 0. The van der Waals surface area contributed by atoms with Crippen LogP contribution in [0.5, 0.6) is 0 Å². The Bertz CT molecular complexity index is 1090. The standard InChI is InChI=1S/C18H18ClN3O2S3/c1-21(8-10-6-7-13(19)26-10)14(23)9-25-18-20-16-15(17(24)22(18)2)11-4-3-5-12(11)27-16/h6-7H,3-5,8-9H2,1-2H3. The Morgan fingerprint density at radius 1 is 1.37 bits per heavy atom. The predicted molar refractivity (Wildman–Crippen MR) is 113 cm³/mol. The number of halogens is 1. The van der Waals surface area contributed by atoms with Crippen molar-refractivity contribution in [1.82, 2.24) is 14.5 Å².